The molecule has 6 unspecified atom stereocenters. The number of methoxy groups -OCH3 is 1. The topological polar surface area (TPSA) is 255 Å². The highest BCUT2D eigenvalue weighted by Gasteiger charge is 2.36. The maximum atomic E-state index is 12.8. The van der Waals surface area contributed by atoms with E-state index in [0.717, 1.165) is 41.0 Å². The molecule has 6 atom stereocenters. The summed E-state index contributed by atoms with van der Waals surface area (Å²) in [4.78, 5) is 68.0. The highest BCUT2D eigenvalue weighted by Crippen LogP contribution is 2.37. The Kier molecular flexibility index (Phi) is 13.4. The predicted molar refractivity (Wildman–Crippen MR) is 217 cm³/mol. The second-order valence-electron chi connectivity index (χ2n) is 15.1. The van der Waals surface area contributed by atoms with Crippen LogP contribution in [0, 0.1) is 11.8 Å². The van der Waals surface area contributed by atoms with Crippen LogP contribution in [-0.2, 0) is 19.3 Å². The molecule has 2 aliphatic heterocycles. The van der Waals surface area contributed by atoms with E-state index in [4.69, 9.17) is 24.8 Å². The van der Waals surface area contributed by atoms with Crippen LogP contribution >= 0.6 is 0 Å². The fourth-order valence-electron chi connectivity index (χ4n) is 8.16. The van der Waals surface area contributed by atoms with E-state index in [-0.39, 0.29) is 41.3 Å². The molecule has 18 nitrogen and oxygen atoms in total. The summed E-state index contributed by atoms with van der Waals surface area (Å²) in [5.74, 6) is -2.10. The second kappa shape index (κ2) is 19.4. The average Bonchev–Trinajstić information content (AvgIpc) is 4.15. The van der Waals surface area contributed by atoms with Crippen LogP contribution in [0.1, 0.15) is 107 Å². The molecule has 2 aliphatic carbocycles. The number of ether oxygens (including phenoxy) is 1. The van der Waals surface area contributed by atoms with E-state index in [0.29, 0.717) is 55.4 Å². The third-order valence-electron chi connectivity index (χ3n) is 11.4. The van der Waals surface area contributed by atoms with Crippen molar-refractivity contribution < 1.29 is 49.1 Å². The molecule has 2 aromatic heterocycles. The summed E-state index contributed by atoms with van der Waals surface area (Å²) in [5.41, 5.74) is 8.81. The number of phenolic OH excluding ortho intramolecular Hbond substituents is 1. The van der Waals surface area contributed by atoms with Gasteiger partial charge in [-0.2, -0.15) is 0 Å². The number of aromatic nitrogens is 2. The number of aromatic hydroxyl groups is 1. The van der Waals surface area contributed by atoms with E-state index in [1.165, 1.54) is 6.07 Å². The minimum Gasteiger partial charge on any atom is -0.507 e. The standard InChI is InChI=1S/C22H24N4O5.C21H22N4O5/c1-30-19-11-14(21(27)24-17-4-2-3-15(17)22(28)25-29)5-6-16(19)20-12-18(26-31-20)13-7-9-23-10-8-13;26-18-10-13(20(27)23-16-3-1-2-14(16)21(28)24-29)4-5-15(18)19-11-17(25-30-19)12-6-8-22-9-7-12/h5-11,15,17,20,29H,2-4,12H2,1H3,(H,24,27)(H,25,28);4-10,14,16,19,26,29H,1-3,11H2,(H,23,27)(H,24,28). The Labute approximate surface area is 350 Å². The number of oxime groups is 2. The SMILES string of the molecule is COc1cc(C(=O)NC2CCCC2C(=O)NO)ccc1C1CC(c2ccncc2)=NO1.O=C(NC1CCCC1C(=O)NO)c1ccc(C2CC(c3ccncc3)=NO2)c(O)c1. The van der Waals surface area contributed by atoms with Crippen LogP contribution < -0.4 is 26.3 Å². The number of phenols is 1. The molecule has 4 amide bonds. The molecule has 7 N–H and O–H groups in total. The molecule has 4 heterocycles. The van der Waals surface area contributed by atoms with Gasteiger partial charge in [0.1, 0.15) is 11.5 Å². The van der Waals surface area contributed by atoms with Gasteiger partial charge < -0.3 is 30.2 Å². The number of amides is 4. The number of carbonyl (C=O) groups excluding carboxylic acids is 4. The molecule has 4 aromatic rings. The summed E-state index contributed by atoms with van der Waals surface area (Å²) in [6.07, 6.45) is 11.2. The summed E-state index contributed by atoms with van der Waals surface area (Å²) < 4.78 is 5.52. The monoisotopic (exact) mass is 834 g/mol. The highest BCUT2D eigenvalue weighted by molar-refractivity contribution is 6.02. The number of nitrogens with one attached hydrogen (secondary N) is 4. The van der Waals surface area contributed by atoms with E-state index < -0.39 is 29.8 Å². The van der Waals surface area contributed by atoms with Gasteiger partial charge in [-0.1, -0.05) is 35.3 Å². The van der Waals surface area contributed by atoms with Crippen molar-refractivity contribution in [3.8, 4) is 11.5 Å². The number of hydrogen-bond donors (Lipinski definition) is 7. The summed E-state index contributed by atoms with van der Waals surface area (Å²) >= 11 is 0. The summed E-state index contributed by atoms with van der Waals surface area (Å²) in [5, 5.41) is 42.3. The molecule has 318 valence electrons. The maximum absolute atomic E-state index is 12.8. The Balaban J connectivity index is 0.000000184. The third kappa shape index (κ3) is 9.77. The zero-order valence-electron chi connectivity index (χ0n) is 33.2. The van der Waals surface area contributed by atoms with E-state index >= 15 is 0 Å². The zero-order chi connectivity index (χ0) is 42.9. The largest absolute Gasteiger partial charge is 0.507 e. The molecule has 4 aliphatic rings. The van der Waals surface area contributed by atoms with Gasteiger partial charge in [0, 0.05) is 83.1 Å². The first kappa shape index (κ1) is 42.2. The van der Waals surface area contributed by atoms with E-state index in [1.807, 2.05) is 24.3 Å². The van der Waals surface area contributed by atoms with E-state index in [2.05, 4.69) is 30.9 Å². The van der Waals surface area contributed by atoms with Crippen molar-refractivity contribution in [3.63, 3.8) is 0 Å². The van der Waals surface area contributed by atoms with Gasteiger partial charge >= 0.3 is 0 Å². The van der Waals surface area contributed by atoms with E-state index in [9.17, 15) is 24.3 Å². The van der Waals surface area contributed by atoms with E-state index in [1.54, 1.807) is 73.2 Å². The van der Waals surface area contributed by atoms with Crippen molar-refractivity contribution in [1.29, 1.82) is 0 Å². The molecule has 2 saturated carbocycles. The highest BCUT2D eigenvalue weighted by atomic mass is 16.6. The Hall–Kier alpha value is -6.92. The molecule has 8 rings (SSSR count). The minimum atomic E-state index is -0.501. The van der Waals surface area contributed by atoms with Crippen LogP contribution in [0.3, 0.4) is 0 Å². The lowest BCUT2D eigenvalue weighted by atomic mass is 9.98. The van der Waals surface area contributed by atoms with Gasteiger partial charge in [0.15, 0.2) is 12.2 Å². The van der Waals surface area contributed by atoms with Gasteiger partial charge in [0.05, 0.1) is 30.4 Å². The number of rotatable bonds is 11. The summed E-state index contributed by atoms with van der Waals surface area (Å²) in [6.45, 7) is 0. The molecule has 0 spiro atoms. The second-order valence-corrected chi connectivity index (χ2v) is 15.1. The van der Waals surface area contributed by atoms with Crippen LogP contribution in [0.5, 0.6) is 11.5 Å². The Morgan fingerprint density at radius 1 is 0.639 bits per heavy atom. The molecule has 0 bridgehead atoms. The molecule has 2 aromatic carbocycles. The Morgan fingerprint density at radius 2 is 1.10 bits per heavy atom. The minimum absolute atomic E-state index is 0.0603. The molecule has 0 radical (unpaired) electrons. The molecular formula is C43H46N8O10. The lowest BCUT2D eigenvalue weighted by molar-refractivity contribution is -0.134. The number of carbonyl (C=O) groups is 4. The average molecular weight is 835 g/mol. The van der Waals surface area contributed by atoms with Gasteiger partial charge in [-0.25, -0.2) is 11.0 Å². The normalized spacial score (nSPS) is 22.6. The van der Waals surface area contributed by atoms with Crippen LogP contribution in [-0.4, -0.2) is 79.7 Å². The van der Waals surface area contributed by atoms with Crippen molar-refractivity contribution >= 4 is 35.1 Å². The lowest BCUT2D eigenvalue weighted by Gasteiger charge is -2.20. The van der Waals surface area contributed by atoms with Gasteiger partial charge in [-0.15, -0.1) is 0 Å². The maximum Gasteiger partial charge on any atom is 0.251 e. The first-order valence-electron chi connectivity index (χ1n) is 19.9. The van der Waals surface area contributed by atoms with Crippen molar-refractivity contribution in [2.24, 2.45) is 22.1 Å². The van der Waals surface area contributed by atoms with Crippen molar-refractivity contribution in [3.05, 3.63) is 119 Å². The number of hydroxylamine groups is 2. The third-order valence-corrected chi connectivity index (χ3v) is 11.4. The van der Waals surface area contributed by atoms with Crippen LogP contribution in [0.4, 0.5) is 0 Å². The van der Waals surface area contributed by atoms with Gasteiger partial charge in [-0.05, 0) is 74.2 Å². The quantitative estimate of drug-likeness (QED) is 0.0819. The Bertz CT molecular complexity index is 2290. The molecule has 0 saturated heterocycles. The fraction of sp³-hybridized carbons (Fsp3) is 0.349. The molecule has 61 heavy (non-hydrogen) atoms. The number of nitrogens with zero attached hydrogens (tertiary/aromatic N) is 4. The van der Waals surface area contributed by atoms with Crippen LogP contribution in [0.25, 0.3) is 0 Å². The van der Waals surface area contributed by atoms with Gasteiger partial charge in [-0.3, -0.25) is 39.6 Å². The van der Waals surface area contributed by atoms with Crippen molar-refractivity contribution in [1.82, 2.24) is 31.6 Å². The predicted octanol–water partition coefficient (Wildman–Crippen LogP) is 4.42. The summed E-state index contributed by atoms with van der Waals surface area (Å²) in [6, 6.07) is 16.6. The first-order chi connectivity index (χ1) is 29.7. The Morgan fingerprint density at radius 3 is 1.56 bits per heavy atom. The molecular weight excluding hydrogens is 789 g/mol. The number of pyridine rings is 2. The number of benzene rings is 2. The lowest BCUT2D eigenvalue weighted by Crippen LogP contribution is -2.43. The summed E-state index contributed by atoms with van der Waals surface area (Å²) in [7, 11) is 1.54. The van der Waals surface area contributed by atoms with Gasteiger partial charge in [0.2, 0.25) is 11.8 Å². The fourth-order valence-corrected chi connectivity index (χ4v) is 8.16. The van der Waals surface area contributed by atoms with Crippen molar-refractivity contribution in [2.75, 3.05) is 7.11 Å². The van der Waals surface area contributed by atoms with Gasteiger partial charge in [0.25, 0.3) is 11.8 Å². The van der Waals surface area contributed by atoms with Crippen molar-refractivity contribution in [2.45, 2.75) is 75.7 Å². The van der Waals surface area contributed by atoms with Crippen LogP contribution in [0.15, 0.2) is 95.8 Å². The van der Waals surface area contributed by atoms with Crippen LogP contribution in [0.2, 0.25) is 0 Å². The first-order valence-corrected chi connectivity index (χ1v) is 19.9. The number of hydrogen-bond acceptors (Lipinski definition) is 14. The zero-order valence-corrected chi connectivity index (χ0v) is 33.2. The molecule has 18 heteroatoms. The smallest absolute Gasteiger partial charge is 0.251 e. The molecule has 2 fully saturated rings.